The fourth-order valence-electron chi connectivity index (χ4n) is 14.4. The molecule has 2 saturated carbocycles. The average Bonchev–Trinajstić information content (AvgIpc) is 4.24. The number of piperazine rings is 2. The van der Waals surface area contributed by atoms with Crippen molar-refractivity contribution >= 4 is 68.6 Å². The summed E-state index contributed by atoms with van der Waals surface area (Å²) in [5.74, 6) is 0.283. The molecule has 428 valence electrons. The lowest BCUT2D eigenvalue weighted by atomic mass is 9.57. The highest BCUT2D eigenvalue weighted by molar-refractivity contribution is 6.36. The first-order chi connectivity index (χ1) is 39.0. The number of halogens is 2. The fourth-order valence-corrected chi connectivity index (χ4v) is 14.7. The van der Waals surface area contributed by atoms with Gasteiger partial charge in [0.25, 0.3) is 5.91 Å². The summed E-state index contributed by atoms with van der Waals surface area (Å²) >= 11 is 6.84. The van der Waals surface area contributed by atoms with Gasteiger partial charge < -0.3 is 38.5 Å². The van der Waals surface area contributed by atoms with Gasteiger partial charge in [-0.3, -0.25) is 34.5 Å². The zero-order valence-electron chi connectivity index (χ0n) is 46.8. The van der Waals surface area contributed by atoms with E-state index in [1.54, 1.807) is 30.3 Å². The molecule has 20 heteroatoms. The maximum Gasteiger partial charge on any atom is 0.410 e. The SMILES string of the molecule is COCOc1cc(-c2ncc3c(N4CC5CCC(C4)N5C(=O)OC(C)(C)C)nc(OCC4(CN5CCC6(CC5)CC(CN5CCN(c7ccc8c(c7)CN([C@H]7CCC(=O)NC7=O)C8=O)CC5)C6)CC4)nc3c2F)c2c(Cl)cccc2c1. The number of rotatable bonds is 14. The molecule has 6 aliphatic heterocycles. The summed E-state index contributed by atoms with van der Waals surface area (Å²) in [6.07, 6.45) is 10.6. The van der Waals surface area contributed by atoms with Crippen molar-refractivity contribution in [3.63, 3.8) is 0 Å². The number of fused-ring (bicyclic) bond motifs is 5. The molecule has 2 aliphatic carbocycles. The molecule has 81 heavy (non-hydrogen) atoms. The number of anilines is 2. The van der Waals surface area contributed by atoms with Crippen LogP contribution in [-0.4, -0.2) is 168 Å². The lowest BCUT2D eigenvalue weighted by Crippen LogP contribution is -2.57. The van der Waals surface area contributed by atoms with Crippen LogP contribution in [0, 0.1) is 22.6 Å². The standard InChI is InChI=1S/C61H72ClFN10O8/c1-59(2,3)81-58(77)73-41-8-9-42(73)33-71(32-41)54-46-29-64-52(45-26-43(80-36-78-4)25-38-6-5-7-47(62)50(38)45)51(63)53(46)66-57(67-54)79-35-61(14-15-61)34-69-18-16-60(17-19-69)27-37(28-60)30-68-20-22-70(23-21-68)40-10-11-44-39(24-40)31-72(56(44)76)48-12-13-49(74)65-55(48)75/h5-7,10-11,24-26,29,37,41-42,48H,8-9,12-23,27-28,30-36H2,1-4H3,(H,65,74,75)/t41?,42?,48-/m0/s1. The molecule has 8 aliphatic rings. The van der Waals surface area contributed by atoms with Crippen molar-refractivity contribution in [2.45, 2.75) is 115 Å². The highest BCUT2D eigenvalue weighted by atomic mass is 35.5. The Hall–Kier alpha value is -6.41. The second kappa shape index (κ2) is 21.1. The number of aromatic nitrogens is 3. The van der Waals surface area contributed by atoms with Crippen LogP contribution in [-0.2, 0) is 25.6 Å². The molecule has 8 heterocycles. The second-order valence-electron chi connectivity index (χ2n) is 25.4. The van der Waals surface area contributed by atoms with E-state index in [0.29, 0.717) is 82.5 Å². The Morgan fingerprint density at radius 3 is 2.35 bits per heavy atom. The largest absolute Gasteiger partial charge is 0.468 e. The number of methoxy groups -OCH3 is 1. The van der Waals surface area contributed by atoms with Gasteiger partial charge in [-0.1, -0.05) is 23.7 Å². The molecule has 4 amide bonds. The number of nitrogens with zero attached hydrogens (tertiary/aromatic N) is 9. The summed E-state index contributed by atoms with van der Waals surface area (Å²) < 4.78 is 41.2. The highest BCUT2D eigenvalue weighted by Crippen LogP contribution is 2.54. The first-order valence-electron chi connectivity index (χ1n) is 29.1. The van der Waals surface area contributed by atoms with E-state index in [2.05, 4.69) is 31.0 Å². The number of amides is 4. The third kappa shape index (κ3) is 10.6. The van der Waals surface area contributed by atoms with Crippen LogP contribution in [0.2, 0.25) is 5.02 Å². The summed E-state index contributed by atoms with van der Waals surface area (Å²) in [5, 5.41) is 4.69. The number of benzene rings is 3. The summed E-state index contributed by atoms with van der Waals surface area (Å²) in [6.45, 7) is 15.5. The van der Waals surface area contributed by atoms with Crippen molar-refractivity contribution in [2.24, 2.45) is 16.7 Å². The molecule has 5 saturated heterocycles. The summed E-state index contributed by atoms with van der Waals surface area (Å²) in [5.41, 5.74) is 3.07. The van der Waals surface area contributed by atoms with Crippen LogP contribution in [0.5, 0.6) is 11.8 Å². The number of piperidine rings is 2. The van der Waals surface area contributed by atoms with Crippen molar-refractivity contribution < 1.29 is 42.5 Å². The third-order valence-electron chi connectivity index (χ3n) is 18.7. The maximum atomic E-state index is 17.6. The topological polar surface area (TPSA) is 175 Å². The van der Waals surface area contributed by atoms with E-state index >= 15 is 4.39 Å². The number of likely N-dealkylation sites (tertiary alicyclic amines) is 1. The quantitative estimate of drug-likeness (QED) is 0.0828. The number of carbonyl (C=O) groups excluding carboxylic acids is 4. The number of imide groups is 1. The fraction of sp³-hybridized carbons (Fsp3) is 0.557. The Bertz CT molecular complexity index is 3300. The normalized spacial score (nSPS) is 23.8. The van der Waals surface area contributed by atoms with Gasteiger partial charge in [-0.25, -0.2) is 9.18 Å². The van der Waals surface area contributed by atoms with Crippen LogP contribution in [0.3, 0.4) is 0 Å². The molecule has 1 spiro atoms. The molecule has 7 fully saturated rings. The molecule has 2 bridgehead atoms. The molecule has 0 radical (unpaired) electrons. The molecule has 3 aromatic carbocycles. The van der Waals surface area contributed by atoms with Crippen LogP contribution in [0.15, 0.2) is 54.7 Å². The van der Waals surface area contributed by atoms with Crippen LogP contribution < -0.4 is 24.6 Å². The summed E-state index contributed by atoms with van der Waals surface area (Å²) in [7, 11) is 1.54. The molecule has 2 aromatic heterocycles. The van der Waals surface area contributed by atoms with E-state index in [9.17, 15) is 19.2 Å². The Morgan fingerprint density at radius 2 is 1.63 bits per heavy atom. The van der Waals surface area contributed by atoms with E-state index in [4.69, 9.17) is 45.5 Å². The lowest BCUT2D eigenvalue weighted by molar-refractivity contribution is -0.136. The highest BCUT2D eigenvalue weighted by Gasteiger charge is 2.50. The van der Waals surface area contributed by atoms with Crippen molar-refractivity contribution in [2.75, 3.05) is 95.8 Å². The van der Waals surface area contributed by atoms with Gasteiger partial charge in [-0.15, -0.1) is 0 Å². The zero-order valence-corrected chi connectivity index (χ0v) is 47.6. The minimum atomic E-state index is -0.626. The van der Waals surface area contributed by atoms with E-state index < -0.39 is 17.5 Å². The second-order valence-corrected chi connectivity index (χ2v) is 25.8. The molecule has 5 aromatic rings. The van der Waals surface area contributed by atoms with E-state index in [1.165, 1.54) is 25.7 Å². The Morgan fingerprint density at radius 1 is 0.864 bits per heavy atom. The predicted molar refractivity (Wildman–Crippen MR) is 304 cm³/mol. The Balaban J connectivity index is 0.647. The number of pyridine rings is 1. The molecule has 13 rings (SSSR count). The number of hydrogen-bond donors (Lipinski definition) is 1. The number of ether oxygens (including phenoxy) is 4. The average molecular weight is 1130 g/mol. The molecule has 2 unspecified atom stereocenters. The minimum absolute atomic E-state index is 0.00628. The van der Waals surface area contributed by atoms with Gasteiger partial charge in [0, 0.05) is 111 Å². The van der Waals surface area contributed by atoms with Crippen LogP contribution in [0.25, 0.3) is 32.9 Å². The van der Waals surface area contributed by atoms with Gasteiger partial charge in [0.05, 0.1) is 24.1 Å². The third-order valence-corrected chi connectivity index (χ3v) is 19.0. The maximum absolute atomic E-state index is 17.6. The van der Waals surface area contributed by atoms with Gasteiger partial charge in [-0.2, -0.15) is 9.97 Å². The molecule has 3 atom stereocenters. The zero-order chi connectivity index (χ0) is 56.0. The van der Waals surface area contributed by atoms with Gasteiger partial charge in [0.1, 0.15) is 34.4 Å². The summed E-state index contributed by atoms with van der Waals surface area (Å²) in [4.78, 5) is 79.1. The van der Waals surface area contributed by atoms with Crippen molar-refractivity contribution in [1.82, 2.24) is 39.9 Å². The van der Waals surface area contributed by atoms with E-state index in [-0.39, 0.29) is 71.7 Å². The van der Waals surface area contributed by atoms with E-state index in [1.807, 2.05) is 56.0 Å². The van der Waals surface area contributed by atoms with Crippen LogP contribution in [0.4, 0.5) is 20.7 Å². The monoisotopic (exact) mass is 1130 g/mol. The van der Waals surface area contributed by atoms with Crippen LogP contribution >= 0.6 is 11.6 Å². The smallest absolute Gasteiger partial charge is 0.410 e. The van der Waals surface area contributed by atoms with Crippen molar-refractivity contribution in [3.05, 3.63) is 76.7 Å². The van der Waals surface area contributed by atoms with Crippen molar-refractivity contribution in [1.29, 1.82) is 0 Å². The minimum Gasteiger partial charge on any atom is -0.468 e. The Labute approximate surface area is 476 Å². The lowest BCUT2D eigenvalue weighted by Gasteiger charge is -2.54. The summed E-state index contributed by atoms with van der Waals surface area (Å²) in [6, 6.07) is 14.4. The molecule has 1 N–H and O–H groups in total. The first-order valence-corrected chi connectivity index (χ1v) is 29.5. The predicted octanol–water partition coefficient (Wildman–Crippen LogP) is 8.44. The van der Waals surface area contributed by atoms with Crippen molar-refractivity contribution in [3.8, 4) is 23.0 Å². The number of hydrogen-bond acceptors (Lipinski definition) is 15. The van der Waals surface area contributed by atoms with Gasteiger partial charge in [0.2, 0.25) is 11.8 Å². The first kappa shape index (κ1) is 53.9. The molecule has 18 nitrogen and oxygen atoms in total. The van der Waals surface area contributed by atoms with Gasteiger partial charge in [-0.05, 0) is 150 Å². The van der Waals surface area contributed by atoms with Gasteiger partial charge >= 0.3 is 12.1 Å². The Kier molecular flexibility index (Phi) is 14.0. The van der Waals surface area contributed by atoms with Crippen LogP contribution in [0.1, 0.15) is 101 Å². The van der Waals surface area contributed by atoms with E-state index in [0.717, 1.165) is 94.7 Å². The molecular weight excluding hydrogens is 1060 g/mol. The number of nitrogens with one attached hydrogen (secondary N) is 1. The molecular formula is C61H72ClFN10O8. The number of carbonyl (C=O) groups is 4. The van der Waals surface area contributed by atoms with Gasteiger partial charge in [0.15, 0.2) is 12.6 Å².